The lowest BCUT2D eigenvalue weighted by atomic mass is 10.1. The topological polar surface area (TPSA) is 74.6 Å². The summed E-state index contributed by atoms with van der Waals surface area (Å²) in [6.45, 7) is 0. The van der Waals surface area contributed by atoms with Gasteiger partial charge in [-0.05, 0) is 35.0 Å². The van der Waals surface area contributed by atoms with Crippen molar-refractivity contribution >= 4 is 45.4 Å². The van der Waals surface area contributed by atoms with Gasteiger partial charge < -0.3 is 5.11 Å². The van der Waals surface area contributed by atoms with E-state index in [1.807, 2.05) is 54.6 Å². The van der Waals surface area contributed by atoms with Gasteiger partial charge in [0.2, 0.25) is 0 Å². The molecule has 0 fully saturated rings. The average molecular weight is 376 g/mol. The summed E-state index contributed by atoms with van der Waals surface area (Å²) < 4.78 is 0. The number of para-hydroxylation sites is 1. The largest absolute Gasteiger partial charge is 0.507 e. The number of hydrogen-bond donors (Lipinski definition) is 2. The van der Waals surface area contributed by atoms with Gasteiger partial charge in [-0.2, -0.15) is 5.10 Å². The number of carbonyl (C=O) groups is 1. The molecule has 0 unspecified atom stereocenters. The van der Waals surface area contributed by atoms with Crippen LogP contribution in [0.15, 0.2) is 71.8 Å². The molecule has 0 radical (unpaired) electrons. The van der Waals surface area contributed by atoms with Crippen LogP contribution in [0, 0.1) is 0 Å². The molecule has 2 N–H and O–H groups in total. The zero-order chi connectivity index (χ0) is 18.8. The molecule has 0 bridgehead atoms. The molecule has 0 aliphatic carbocycles. The molecular weight excluding hydrogens is 362 g/mol. The van der Waals surface area contributed by atoms with Crippen LogP contribution < -0.4 is 5.43 Å². The van der Waals surface area contributed by atoms with E-state index in [1.54, 1.807) is 12.1 Å². The molecule has 4 aromatic rings. The highest BCUT2D eigenvalue weighted by atomic mass is 35.5. The smallest absolute Gasteiger partial charge is 0.275 e. The Morgan fingerprint density at radius 1 is 1.00 bits per heavy atom. The van der Waals surface area contributed by atoms with E-state index in [1.165, 1.54) is 6.21 Å². The van der Waals surface area contributed by atoms with Gasteiger partial charge in [-0.1, -0.05) is 54.1 Å². The Balaban J connectivity index is 1.57. The Bertz CT molecular complexity index is 1200. The van der Waals surface area contributed by atoms with Gasteiger partial charge in [0.15, 0.2) is 0 Å². The van der Waals surface area contributed by atoms with Gasteiger partial charge in [-0.25, -0.2) is 10.4 Å². The Morgan fingerprint density at radius 2 is 1.67 bits per heavy atom. The van der Waals surface area contributed by atoms with E-state index in [4.69, 9.17) is 11.6 Å². The normalized spacial score (nSPS) is 11.3. The minimum absolute atomic E-state index is 0.105. The first kappa shape index (κ1) is 17.0. The van der Waals surface area contributed by atoms with Gasteiger partial charge in [-0.3, -0.25) is 4.79 Å². The van der Waals surface area contributed by atoms with E-state index in [9.17, 15) is 9.90 Å². The Hall–Kier alpha value is -3.44. The van der Waals surface area contributed by atoms with E-state index in [-0.39, 0.29) is 11.3 Å². The minimum Gasteiger partial charge on any atom is -0.507 e. The SMILES string of the molecule is O=C(N/N=C/c1cc2ccccc2nc1Cl)c1cc2ccccc2cc1O. The van der Waals surface area contributed by atoms with E-state index >= 15 is 0 Å². The molecule has 4 rings (SSSR count). The highest BCUT2D eigenvalue weighted by Gasteiger charge is 2.12. The number of halogens is 1. The number of fused-ring (bicyclic) bond motifs is 2. The molecular formula is C21H14ClN3O2. The summed E-state index contributed by atoms with van der Waals surface area (Å²) in [5.74, 6) is -0.619. The second kappa shape index (κ2) is 7.05. The maximum Gasteiger partial charge on any atom is 0.275 e. The molecule has 0 aliphatic heterocycles. The van der Waals surface area contributed by atoms with Gasteiger partial charge in [0.05, 0.1) is 17.3 Å². The quantitative estimate of drug-likeness (QED) is 0.314. The fourth-order valence-corrected chi connectivity index (χ4v) is 3.02. The molecule has 1 aromatic heterocycles. The second-order valence-electron chi connectivity index (χ2n) is 5.98. The van der Waals surface area contributed by atoms with Crippen molar-refractivity contribution < 1.29 is 9.90 Å². The molecule has 27 heavy (non-hydrogen) atoms. The molecule has 0 spiro atoms. The fraction of sp³-hybridized carbons (Fsp3) is 0. The van der Waals surface area contributed by atoms with Crippen molar-refractivity contribution in [3.63, 3.8) is 0 Å². The average Bonchev–Trinajstić information content (AvgIpc) is 2.67. The predicted octanol–water partition coefficient (Wildman–Crippen LogP) is 4.51. The van der Waals surface area contributed by atoms with E-state index in [0.717, 1.165) is 21.7 Å². The molecule has 1 amide bonds. The number of benzene rings is 3. The van der Waals surface area contributed by atoms with Crippen molar-refractivity contribution in [2.45, 2.75) is 0 Å². The number of aromatic hydroxyl groups is 1. The van der Waals surface area contributed by atoms with Crippen LogP contribution in [-0.4, -0.2) is 22.2 Å². The standard InChI is InChI=1S/C21H14ClN3O2/c22-20-16(9-15-7-3-4-8-18(15)24-20)12-23-25-21(27)17-10-13-5-1-2-6-14(13)11-19(17)26/h1-12,26H,(H,25,27)/b23-12+. The lowest BCUT2D eigenvalue weighted by molar-refractivity contribution is 0.0952. The maximum absolute atomic E-state index is 12.4. The van der Waals surface area contributed by atoms with Crippen LogP contribution in [0.5, 0.6) is 5.75 Å². The first-order chi connectivity index (χ1) is 13.1. The van der Waals surface area contributed by atoms with Crippen molar-refractivity contribution in [3.8, 4) is 5.75 Å². The molecule has 0 aliphatic rings. The summed E-state index contributed by atoms with van der Waals surface area (Å²) in [5, 5.41) is 17.0. The van der Waals surface area contributed by atoms with Crippen LogP contribution >= 0.6 is 11.6 Å². The zero-order valence-electron chi connectivity index (χ0n) is 14.1. The molecule has 6 heteroatoms. The first-order valence-corrected chi connectivity index (χ1v) is 8.60. The molecule has 1 heterocycles. The summed E-state index contributed by atoms with van der Waals surface area (Å²) in [7, 11) is 0. The van der Waals surface area contributed by atoms with Crippen LogP contribution in [0.2, 0.25) is 5.15 Å². The number of nitrogens with zero attached hydrogens (tertiary/aromatic N) is 2. The van der Waals surface area contributed by atoms with Gasteiger partial charge in [-0.15, -0.1) is 0 Å². The number of amides is 1. The molecule has 0 saturated carbocycles. The van der Waals surface area contributed by atoms with Crippen molar-refractivity contribution in [2.24, 2.45) is 5.10 Å². The van der Waals surface area contributed by atoms with Crippen molar-refractivity contribution in [1.29, 1.82) is 0 Å². The summed E-state index contributed by atoms with van der Waals surface area (Å²) in [4.78, 5) is 16.7. The maximum atomic E-state index is 12.4. The monoisotopic (exact) mass is 375 g/mol. The van der Waals surface area contributed by atoms with E-state index < -0.39 is 5.91 Å². The summed E-state index contributed by atoms with van der Waals surface area (Å²) in [5.41, 5.74) is 3.92. The van der Waals surface area contributed by atoms with Crippen LogP contribution in [-0.2, 0) is 0 Å². The molecule has 3 aromatic carbocycles. The Kier molecular flexibility index (Phi) is 4.44. The lowest BCUT2D eigenvalue weighted by Gasteiger charge is -2.06. The number of carbonyl (C=O) groups excluding carboxylic acids is 1. The highest BCUT2D eigenvalue weighted by Crippen LogP contribution is 2.25. The number of nitrogens with one attached hydrogen (secondary N) is 1. The number of aromatic nitrogens is 1. The third kappa shape index (κ3) is 3.45. The molecule has 0 saturated heterocycles. The fourth-order valence-electron chi connectivity index (χ4n) is 2.83. The third-order valence-electron chi connectivity index (χ3n) is 4.18. The Morgan fingerprint density at radius 3 is 2.44 bits per heavy atom. The highest BCUT2D eigenvalue weighted by molar-refractivity contribution is 6.32. The summed E-state index contributed by atoms with van der Waals surface area (Å²) in [6.07, 6.45) is 1.43. The van der Waals surface area contributed by atoms with Crippen LogP contribution in [0.4, 0.5) is 0 Å². The van der Waals surface area contributed by atoms with Crippen LogP contribution in [0.25, 0.3) is 21.7 Å². The van der Waals surface area contributed by atoms with E-state index in [0.29, 0.717) is 10.7 Å². The van der Waals surface area contributed by atoms with Gasteiger partial charge in [0.25, 0.3) is 5.91 Å². The van der Waals surface area contributed by atoms with Crippen molar-refractivity contribution in [3.05, 3.63) is 83.0 Å². The first-order valence-electron chi connectivity index (χ1n) is 8.22. The van der Waals surface area contributed by atoms with Crippen molar-refractivity contribution in [1.82, 2.24) is 10.4 Å². The number of rotatable bonds is 3. The van der Waals surface area contributed by atoms with E-state index in [2.05, 4.69) is 15.5 Å². The number of phenolic OH excluding ortho intramolecular Hbond substituents is 1. The van der Waals surface area contributed by atoms with Crippen molar-refractivity contribution in [2.75, 3.05) is 0 Å². The summed E-state index contributed by atoms with van der Waals surface area (Å²) >= 11 is 6.17. The van der Waals surface area contributed by atoms with Gasteiger partial charge in [0.1, 0.15) is 10.9 Å². The molecule has 132 valence electrons. The number of phenols is 1. The predicted molar refractivity (Wildman–Crippen MR) is 107 cm³/mol. The lowest BCUT2D eigenvalue weighted by Crippen LogP contribution is -2.17. The third-order valence-corrected chi connectivity index (χ3v) is 4.49. The van der Waals surface area contributed by atoms with Gasteiger partial charge in [0, 0.05) is 10.9 Å². The van der Waals surface area contributed by atoms with Crippen LogP contribution in [0.1, 0.15) is 15.9 Å². The van der Waals surface area contributed by atoms with Crippen LogP contribution in [0.3, 0.4) is 0 Å². The number of hydrogen-bond acceptors (Lipinski definition) is 4. The molecule has 5 nitrogen and oxygen atoms in total. The zero-order valence-corrected chi connectivity index (χ0v) is 14.8. The summed E-state index contributed by atoms with van der Waals surface area (Å²) in [6, 6.07) is 20.1. The second-order valence-corrected chi connectivity index (χ2v) is 6.33. The minimum atomic E-state index is -0.514. The molecule has 0 atom stereocenters. The number of hydrazone groups is 1. The van der Waals surface area contributed by atoms with Gasteiger partial charge >= 0.3 is 0 Å². The Labute approximate surface area is 159 Å². The number of pyridine rings is 1.